The highest BCUT2D eigenvalue weighted by Gasteiger charge is 2.40. The SMILES string of the molecule is CCCCC(=O)NC1C(=O)c2cc(OC)c(OC)cc2C1=O. The summed E-state index contributed by atoms with van der Waals surface area (Å²) in [6, 6.07) is 1.82. The first-order valence-corrected chi connectivity index (χ1v) is 7.17. The van der Waals surface area contributed by atoms with E-state index in [-0.39, 0.29) is 17.0 Å². The average molecular weight is 305 g/mol. The zero-order valence-corrected chi connectivity index (χ0v) is 12.9. The number of fused-ring (bicyclic) bond motifs is 1. The fourth-order valence-corrected chi connectivity index (χ4v) is 2.42. The van der Waals surface area contributed by atoms with Gasteiger partial charge in [-0.3, -0.25) is 14.4 Å². The number of ketones is 2. The molecule has 0 fully saturated rings. The first-order chi connectivity index (χ1) is 10.5. The summed E-state index contributed by atoms with van der Waals surface area (Å²) in [5.41, 5.74) is 0.506. The average Bonchev–Trinajstić information content (AvgIpc) is 2.76. The van der Waals surface area contributed by atoms with Gasteiger partial charge in [0.1, 0.15) is 0 Å². The molecule has 1 aliphatic carbocycles. The lowest BCUT2D eigenvalue weighted by atomic mass is 10.1. The van der Waals surface area contributed by atoms with Gasteiger partial charge in [-0.2, -0.15) is 0 Å². The third-order valence-corrected chi connectivity index (χ3v) is 3.64. The number of benzene rings is 1. The molecule has 1 amide bonds. The van der Waals surface area contributed by atoms with E-state index in [4.69, 9.17) is 9.47 Å². The number of Topliss-reactive ketones (excluding diaryl/α,β-unsaturated/α-hetero) is 2. The first-order valence-electron chi connectivity index (χ1n) is 7.17. The lowest BCUT2D eigenvalue weighted by Crippen LogP contribution is -2.42. The fraction of sp³-hybridized carbons (Fsp3) is 0.438. The van der Waals surface area contributed by atoms with Crippen LogP contribution in [-0.2, 0) is 4.79 Å². The lowest BCUT2D eigenvalue weighted by molar-refractivity contribution is -0.121. The Morgan fingerprint density at radius 1 is 1.09 bits per heavy atom. The van der Waals surface area contributed by atoms with Crippen LogP contribution < -0.4 is 14.8 Å². The van der Waals surface area contributed by atoms with Crippen molar-refractivity contribution in [2.75, 3.05) is 14.2 Å². The molecule has 6 heteroatoms. The number of hydrogen-bond donors (Lipinski definition) is 1. The quantitative estimate of drug-likeness (QED) is 0.810. The van der Waals surface area contributed by atoms with Gasteiger partial charge in [0.05, 0.1) is 14.2 Å². The summed E-state index contributed by atoms with van der Waals surface area (Å²) in [5, 5.41) is 2.52. The van der Waals surface area contributed by atoms with Gasteiger partial charge in [-0.1, -0.05) is 13.3 Å². The number of methoxy groups -OCH3 is 2. The van der Waals surface area contributed by atoms with Gasteiger partial charge in [0, 0.05) is 17.5 Å². The number of nitrogens with one attached hydrogen (secondary N) is 1. The molecule has 0 saturated carbocycles. The second-order valence-electron chi connectivity index (χ2n) is 5.09. The predicted octanol–water partition coefficient (Wildman–Crippen LogP) is 1.76. The van der Waals surface area contributed by atoms with E-state index in [2.05, 4.69) is 5.32 Å². The number of rotatable bonds is 6. The molecule has 22 heavy (non-hydrogen) atoms. The summed E-state index contributed by atoms with van der Waals surface area (Å²) < 4.78 is 10.3. The lowest BCUT2D eigenvalue weighted by Gasteiger charge is -2.09. The summed E-state index contributed by atoms with van der Waals surface area (Å²) in [5.74, 6) is -0.363. The molecule has 1 aromatic carbocycles. The van der Waals surface area contributed by atoms with Crippen molar-refractivity contribution in [1.82, 2.24) is 5.32 Å². The Balaban J connectivity index is 2.27. The minimum Gasteiger partial charge on any atom is -0.493 e. The predicted molar refractivity (Wildman–Crippen MR) is 79.7 cm³/mol. The van der Waals surface area contributed by atoms with Crippen LogP contribution in [0.1, 0.15) is 46.9 Å². The number of hydrogen-bond acceptors (Lipinski definition) is 5. The van der Waals surface area contributed by atoms with Crippen LogP contribution in [0, 0.1) is 0 Å². The maximum Gasteiger partial charge on any atom is 0.220 e. The highest BCUT2D eigenvalue weighted by atomic mass is 16.5. The van der Waals surface area contributed by atoms with Crippen molar-refractivity contribution in [3.05, 3.63) is 23.3 Å². The van der Waals surface area contributed by atoms with Crippen LogP contribution in [0.5, 0.6) is 11.5 Å². The topological polar surface area (TPSA) is 81.7 Å². The van der Waals surface area contributed by atoms with E-state index in [1.807, 2.05) is 6.92 Å². The largest absolute Gasteiger partial charge is 0.493 e. The molecule has 1 aromatic rings. The zero-order chi connectivity index (χ0) is 16.3. The number of amides is 1. The number of carbonyl (C=O) groups is 3. The van der Waals surface area contributed by atoms with Gasteiger partial charge in [0.2, 0.25) is 5.91 Å². The monoisotopic (exact) mass is 305 g/mol. The number of unbranched alkanes of at least 4 members (excludes halogenated alkanes) is 1. The van der Waals surface area contributed by atoms with Crippen molar-refractivity contribution < 1.29 is 23.9 Å². The van der Waals surface area contributed by atoms with Crippen molar-refractivity contribution in [3.8, 4) is 11.5 Å². The van der Waals surface area contributed by atoms with Gasteiger partial charge >= 0.3 is 0 Å². The highest BCUT2D eigenvalue weighted by Crippen LogP contribution is 2.34. The normalized spacial score (nSPS) is 14.0. The summed E-state index contributed by atoms with van der Waals surface area (Å²) in [4.78, 5) is 36.5. The Labute approximate surface area is 128 Å². The molecule has 6 nitrogen and oxygen atoms in total. The Morgan fingerprint density at radius 2 is 1.59 bits per heavy atom. The zero-order valence-electron chi connectivity index (χ0n) is 12.9. The standard InChI is InChI=1S/C16H19NO5/c1-4-5-6-13(18)17-14-15(19)9-7-11(21-2)12(22-3)8-10(9)16(14)20/h7-8,14H,4-6H2,1-3H3,(H,17,18). The third kappa shape index (κ3) is 2.81. The third-order valence-electron chi connectivity index (χ3n) is 3.64. The van der Waals surface area contributed by atoms with E-state index in [9.17, 15) is 14.4 Å². The van der Waals surface area contributed by atoms with Crippen LogP contribution in [0.25, 0.3) is 0 Å². The highest BCUT2D eigenvalue weighted by molar-refractivity contribution is 6.30. The summed E-state index contributed by atoms with van der Waals surface area (Å²) in [6.45, 7) is 1.97. The first kappa shape index (κ1) is 16.0. The number of carbonyl (C=O) groups excluding carboxylic acids is 3. The minimum atomic E-state index is -1.14. The molecule has 1 aliphatic rings. The van der Waals surface area contributed by atoms with E-state index in [0.29, 0.717) is 17.9 Å². The van der Waals surface area contributed by atoms with Gasteiger partial charge < -0.3 is 14.8 Å². The summed E-state index contributed by atoms with van der Waals surface area (Å²) in [7, 11) is 2.91. The van der Waals surface area contributed by atoms with Crippen molar-refractivity contribution in [2.24, 2.45) is 0 Å². The van der Waals surface area contributed by atoms with Crippen LogP contribution in [-0.4, -0.2) is 37.7 Å². The summed E-state index contributed by atoms with van der Waals surface area (Å²) in [6.07, 6.45) is 1.89. The van der Waals surface area contributed by atoms with Crippen LogP contribution in [0.3, 0.4) is 0 Å². The molecule has 0 unspecified atom stereocenters. The maximum atomic E-state index is 12.4. The van der Waals surface area contributed by atoms with Crippen molar-refractivity contribution in [1.29, 1.82) is 0 Å². The van der Waals surface area contributed by atoms with E-state index in [1.54, 1.807) is 0 Å². The van der Waals surface area contributed by atoms with E-state index in [1.165, 1.54) is 26.4 Å². The van der Waals surface area contributed by atoms with Gasteiger partial charge in [0.25, 0.3) is 0 Å². The van der Waals surface area contributed by atoms with Crippen LogP contribution in [0.4, 0.5) is 0 Å². The van der Waals surface area contributed by atoms with Crippen LogP contribution in [0.15, 0.2) is 12.1 Å². The van der Waals surface area contributed by atoms with E-state index in [0.717, 1.165) is 12.8 Å². The minimum absolute atomic E-state index is 0.253. The van der Waals surface area contributed by atoms with Crippen LogP contribution >= 0.6 is 0 Å². The van der Waals surface area contributed by atoms with Gasteiger partial charge in [0.15, 0.2) is 29.1 Å². The fourth-order valence-electron chi connectivity index (χ4n) is 2.42. The molecule has 0 atom stereocenters. The molecule has 2 rings (SSSR count). The van der Waals surface area contributed by atoms with Crippen molar-refractivity contribution in [2.45, 2.75) is 32.2 Å². The van der Waals surface area contributed by atoms with Gasteiger partial charge in [-0.15, -0.1) is 0 Å². The maximum absolute atomic E-state index is 12.4. The molecule has 0 aliphatic heterocycles. The molecule has 0 spiro atoms. The van der Waals surface area contributed by atoms with Crippen molar-refractivity contribution in [3.63, 3.8) is 0 Å². The molecular formula is C16H19NO5. The van der Waals surface area contributed by atoms with Crippen molar-refractivity contribution >= 4 is 17.5 Å². The second kappa shape index (κ2) is 6.60. The molecule has 0 radical (unpaired) electrons. The van der Waals surface area contributed by atoms with Gasteiger partial charge in [-0.05, 0) is 18.6 Å². The molecule has 0 bridgehead atoms. The second-order valence-corrected chi connectivity index (χ2v) is 5.09. The molecular weight excluding hydrogens is 286 g/mol. The number of ether oxygens (including phenoxy) is 2. The smallest absolute Gasteiger partial charge is 0.220 e. The Bertz CT molecular complexity index is 580. The summed E-state index contributed by atoms with van der Waals surface area (Å²) >= 11 is 0. The van der Waals surface area contributed by atoms with Crippen LogP contribution in [0.2, 0.25) is 0 Å². The Morgan fingerprint density at radius 3 is 2.00 bits per heavy atom. The molecule has 0 saturated heterocycles. The Kier molecular flexibility index (Phi) is 4.80. The van der Waals surface area contributed by atoms with E-state index >= 15 is 0 Å². The van der Waals surface area contributed by atoms with Gasteiger partial charge in [-0.25, -0.2) is 0 Å². The molecule has 118 valence electrons. The molecule has 0 aromatic heterocycles. The molecule has 1 N–H and O–H groups in total. The van der Waals surface area contributed by atoms with E-state index < -0.39 is 17.6 Å². The Hall–Kier alpha value is -2.37. The molecule has 0 heterocycles.